The molecule has 2 heterocycles. The van der Waals surface area contributed by atoms with E-state index in [4.69, 9.17) is 20.9 Å². The number of hydrogen-bond donors (Lipinski definition) is 0. The molecule has 28 heavy (non-hydrogen) atoms. The minimum atomic E-state index is -0.228. The number of carbonyl (C=O) groups excluding carboxylic acids is 1. The number of aryl methyl sites for hydroxylation is 1. The van der Waals surface area contributed by atoms with Gasteiger partial charge >= 0.3 is 0 Å². The summed E-state index contributed by atoms with van der Waals surface area (Å²) in [5.41, 5.74) is 1.87. The van der Waals surface area contributed by atoms with E-state index in [2.05, 4.69) is 10.1 Å². The molecule has 1 aliphatic rings. The molecule has 6 nitrogen and oxygen atoms in total. The van der Waals surface area contributed by atoms with Crippen LogP contribution in [0.5, 0.6) is 5.75 Å². The van der Waals surface area contributed by atoms with Gasteiger partial charge < -0.3 is 14.2 Å². The lowest BCUT2D eigenvalue weighted by Crippen LogP contribution is -2.34. The fraction of sp³-hybridized carbons (Fsp3) is 0.286. The van der Waals surface area contributed by atoms with Gasteiger partial charge in [-0.2, -0.15) is 4.98 Å². The van der Waals surface area contributed by atoms with Crippen LogP contribution in [-0.2, 0) is 4.79 Å². The first-order chi connectivity index (χ1) is 13.6. The molecule has 1 aromatic heterocycles. The van der Waals surface area contributed by atoms with Gasteiger partial charge in [0.2, 0.25) is 11.7 Å². The number of aromatic nitrogens is 2. The fourth-order valence-corrected chi connectivity index (χ4v) is 3.56. The van der Waals surface area contributed by atoms with Crippen molar-refractivity contribution >= 4 is 17.5 Å². The topological polar surface area (TPSA) is 68.5 Å². The number of likely N-dealkylation sites (tertiary alicyclic amines) is 1. The molecule has 0 saturated carbocycles. The zero-order chi connectivity index (χ0) is 19.5. The van der Waals surface area contributed by atoms with Gasteiger partial charge in [0.15, 0.2) is 6.61 Å². The molecule has 1 saturated heterocycles. The fourth-order valence-electron chi connectivity index (χ4n) is 3.37. The Hall–Kier alpha value is -2.86. The molecule has 4 rings (SSSR count). The van der Waals surface area contributed by atoms with E-state index in [1.165, 1.54) is 0 Å². The lowest BCUT2D eigenvalue weighted by atomic mass is 10.2. The summed E-state index contributed by atoms with van der Waals surface area (Å²) in [4.78, 5) is 19.0. The van der Waals surface area contributed by atoms with Gasteiger partial charge in [0, 0.05) is 17.1 Å². The Balaban J connectivity index is 1.45. The number of halogens is 1. The van der Waals surface area contributed by atoms with Crippen molar-refractivity contribution in [2.24, 2.45) is 0 Å². The molecule has 1 fully saturated rings. The number of nitrogens with zero attached hydrogens (tertiary/aromatic N) is 3. The van der Waals surface area contributed by atoms with Gasteiger partial charge in [0.1, 0.15) is 11.8 Å². The third kappa shape index (κ3) is 4.02. The maximum Gasteiger partial charge on any atom is 0.261 e. The second-order valence-corrected chi connectivity index (χ2v) is 7.25. The van der Waals surface area contributed by atoms with E-state index in [0.717, 1.165) is 24.0 Å². The Labute approximate surface area is 168 Å². The summed E-state index contributed by atoms with van der Waals surface area (Å²) in [5.74, 6) is 1.50. The smallest absolute Gasteiger partial charge is 0.261 e. The number of rotatable bonds is 5. The van der Waals surface area contributed by atoms with Crippen LogP contribution >= 0.6 is 11.6 Å². The molecular weight excluding hydrogens is 378 g/mol. The van der Waals surface area contributed by atoms with Crippen molar-refractivity contribution in [3.63, 3.8) is 0 Å². The molecule has 3 aromatic rings. The highest BCUT2D eigenvalue weighted by Crippen LogP contribution is 2.32. The highest BCUT2D eigenvalue weighted by molar-refractivity contribution is 6.30. The molecule has 1 unspecified atom stereocenters. The molecule has 1 amide bonds. The Morgan fingerprint density at radius 1 is 1.29 bits per heavy atom. The summed E-state index contributed by atoms with van der Waals surface area (Å²) in [7, 11) is 0. The van der Waals surface area contributed by atoms with Crippen LogP contribution in [0.4, 0.5) is 0 Å². The zero-order valence-electron chi connectivity index (χ0n) is 15.5. The molecule has 1 aliphatic heterocycles. The van der Waals surface area contributed by atoms with Crippen LogP contribution in [0.2, 0.25) is 5.02 Å². The highest BCUT2D eigenvalue weighted by atomic mass is 35.5. The Kier molecular flexibility index (Phi) is 5.30. The Bertz CT molecular complexity index is 988. The summed E-state index contributed by atoms with van der Waals surface area (Å²) < 4.78 is 11.1. The summed E-state index contributed by atoms with van der Waals surface area (Å²) in [6.07, 6.45) is 1.67. The minimum Gasteiger partial charge on any atom is -0.484 e. The van der Waals surface area contributed by atoms with Crippen molar-refractivity contribution in [3.05, 3.63) is 65.0 Å². The maximum atomic E-state index is 12.7. The molecular formula is C21H20ClN3O3. The van der Waals surface area contributed by atoms with E-state index in [1.807, 2.05) is 43.3 Å². The van der Waals surface area contributed by atoms with Crippen LogP contribution in [0.15, 0.2) is 53.1 Å². The van der Waals surface area contributed by atoms with Crippen LogP contribution in [0.3, 0.4) is 0 Å². The van der Waals surface area contributed by atoms with Crippen LogP contribution < -0.4 is 4.74 Å². The van der Waals surface area contributed by atoms with E-state index in [0.29, 0.717) is 29.0 Å². The summed E-state index contributed by atoms with van der Waals surface area (Å²) in [6, 6.07) is 14.7. The average Bonchev–Trinajstić information content (AvgIpc) is 3.35. The quantitative estimate of drug-likeness (QED) is 0.636. The highest BCUT2D eigenvalue weighted by Gasteiger charge is 2.34. The number of benzene rings is 2. The van der Waals surface area contributed by atoms with E-state index in [1.54, 1.807) is 17.0 Å². The van der Waals surface area contributed by atoms with Crippen molar-refractivity contribution in [2.75, 3.05) is 13.2 Å². The Morgan fingerprint density at radius 3 is 2.96 bits per heavy atom. The van der Waals surface area contributed by atoms with Gasteiger partial charge in [0.25, 0.3) is 5.91 Å². The molecule has 0 spiro atoms. The van der Waals surface area contributed by atoms with E-state index >= 15 is 0 Å². The maximum absolute atomic E-state index is 12.7. The van der Waals surface area contributed by atoms with E-state index in [9.17, 15) is 4.79 Å². The molecule has 2 aromatic carbocycles. The number of hydrogen-bond acceptors (Lipinski definition) is 5. The van der Waals surface area contributed by atoms with E-state index in [-0.39, 0.29) is 18.6 Å². The minimum absolute atomic E-state index is 0.0186. The van der Waals surface area contributed by atoms with Crippen molar-refractivity contribution in [1.82, 2.24) is 15.0 Å². The molecule has 0 N–H and O–H groups in total. The second-order valence-electron chi connectivity index (χ2n) is 6.82. The van der Waals surface area contributed by atoms with Crippen LogP contribution in [-0.4, -0.2) is 34.1 Å². The summed E-state index contributed by atoms with van der Waals surface area (Å²) >= 11 is 6.04. The monoisotopic (exact) mass is 397 g/mol. The first-order valence-electron chi connectivity index (χ1n) is 9.18. The van der Waals surface area contributed by atoms with Crippen LogP contribution in [0.25, 0.3) is 11.4 Å². The Morgan fingerprint density at radius 2 is 2.14 bits per heavy atom. The SMILES string of the molecule is Cc1cccc(OCC(=O)N2CCCC2c2nc(-c3cccc(Cl)c3)no2)c1. The van der Waals surface area contributed by atoms with Gasteiger partial charge in [-0.15, -0.1) is 0 Å². The largest absolute Gasteiger partial charge is 0.484 e. The molecule has 0 radical (unpaired) electrons. The van der Waals surface area contributed by atoms with Crippen molar-refractivity contribution < 1.29 is 14.1 Å². The number of ether oxygens (including phenoxy) is 1. The number of amides is 1. The van der Waals surface area contributed by atoms with Crippen molar-refractivity contribution in [1.29, 1.82) is 0 Å². The first kappa shape index (κ1) is 18.5. The third-order valence-electron chi connectivity index (χ3n) is 4.73. The third-order valence-corrected chi connectivity index (χ3v) is 4.97. The molecule has 0 bridgehead atoms. The van der Waals surface area contributed by atoms with Gasteiger partial charge in [0.05, 0.1) is 0 Å². The van der Waals surface area contributed by atoms with Crippen LogP contribution in [0.1, 0.15) is 30.3 Å². The van der Waals surface area contributed by atoms with Gasteiger partial charge in [-0.05, 0) is 49.6 Å². The molecule has 1 atom stereocenters. The summed E-state index contributed by atoms with van der Waals surface area (Å²) in [6.45, 7) is 2.61. The van der Waals surface area contributed by atoms with Crippen molar-refractivity contribution in [2.45, 2.75) is 25.8 Å². The molecule has 0 aliphatic carbocycles. The zero-order valence-corrected chi connectivity index (χ0v) is 16.2. The normalized spacial score (nSPS) is 16.4. The molecule has 144 valence electrons. The van der Waals surface area contributed by atoms with Crippen molar-refractivity contribution in [3.8, 4) is 17.1 Å². The average molecular weight is 398 g/mol. The lowest BCUT2D eigenvalue weighted by Gasteiger charge is -2.21. The standard InChI is InChI=1S/C21H20ClN3O3/c1-14-5-2-8-17(11-14)27-13-19(26)25-10-4-9-18(25)21-23-20(24-28-21)15-6-3-7-16(22)12-15/h2-3,5-8,11-12,18H,4,9-10,13H2,1H3. The predicted octanol–water partition coefficient (Wildman–Crippen LogP) is 4.44. The number of carbonyl (C=O) groups is 1. The second kappa shape index (κ2) is 8.02. The predicted molar refractivity (Wildman–Crippen MR) is 105 cm³/mol. The van der Waals surface area contributed by atoms with Gasteiger partial charge in [-0.25, -0.2) is 0 Å². The molecule has 7 heteroatoms. The summed E-state index contributed by atoms with van der Waals surface area (Å²) in [5, 5.41) is 4.66. The first-order valence-corrected chi connectivity index (χ1v) is 9.56. The van der Waals surface area contributed by atoms with Crippen LogP contribution in [0, 0.1) is 6.92 Å². The van der Waals surface area contributed by atoms with Gasteiger partial charge in [-0.3, -0.25) is 4.79 Å². The van der Waals surface area contributed by atoms with Gasteiger partial charge in [-0.1, -0.05) is 41.0 Å². The lowest BCUT2D eigenvalue weighted by molar-refractivity contribution is -0.134. The van der Waals surface area contributed by atoms with E-state index < -0.39 is 0 Å².